The molecule has 7 nitrogen and oxygen atoms in total. The third-order valence-electron chi connectivity index (χ3n) is 4.40. The number of amides is 2. The number of likely N-dealkylation sites (tertiary alicyclic amines) is 1. The van der Waals surface area contributed by atoms with E-state index in [9.17, 15) is 9.59 Å². The minimum Gasteiger partial charge on any atom is -0.397 e. The van der Waals surface area contributed by atoms with Gasteiger partial charge < -0.3 is 20.3 Å². The number of hydrogen-bond acceptors (Lipinski definition) is 6. The molecule has 1 atom stereocenters. The van der Waals surface area contributed by atoms with Gasteiger partial charge in [-0.05, 0) is 25.0 Å². The van der Waals surface area contributed by atoms with Gasteiger partial charge in [-0.2, -0.15) is 0 Å². The van der Waals surface area contributed by atoms with Gasteiger partial charge in [0.25, 0.3) is 5.91 Å². The van der Waals surface area contributed by atoms with Gasteiger partial charge in [0.2, 0.25) is 5.91 Å². The van der Waals surface area contributed by atoms with E-state index in [0.29, 0.717) is 17.1 Å². The van der Waals surface area contributed by atoms with E-state index in [2.05, 4.69) is 0 Å². The van der Waals surface area contributed by atoms with Crippen molar-refractivity contribution < 1.29 is 14.3 Å². The summed E-state index contributed by atoms with van der Waals surface area (Å²) in [5, 5.41) is 0.784. The number of nitrogens with two attached hydrogens (primary N) is 1. The molecule has 134 valence electrons. The van der Waals surface area contributed by atoms with Crippen molar-refractivity contribution in [3.63, 3.8) is 0 Å². The molecular weight excluding hydrogens is 340 g/mol. The average Bonchev–Trinajstić information content (AvgIpc) is 3.19. The summed E-state index contributed by atoms with van der Waals surface area (Å²) < 4.78 is 4.97. The normalized spacial score (nSPS) is 17.2. The highest BCUT2D eigenvalue weighted by atomic mass is 32.1. The number of nitrogen functional groups attached to an aromatic ring is 1. The van der Waals surface area contributed by atoms with Gasteiger partial charge in [0, 0.05) is 33.1 Å². The molecule has 1 aliphatic rings. The molecule has 2 aromatic rings. The molecule has 1 fully saturated rings. The van der Waals surface area contributed by atoms with Crippen molar-refractivity contribution in [2.75, 3.05) is 40.1 Å². The number of carbonyl (C=O) groups is 2. The minimum atomic E-state index is -0.125. The van der Waals surface area contributed by atoms with Gasteiger partial charge in [-0.3, -0.25) is 9.59 Å². The Morgan fingerprint density at radius 1 is 1.44 bits per heavy atom. The van der Waals surface area contributed by atoms with Crippen molar-refractivity contribution in [1.29, 1.82) is 0 Å². The highest BCUT2D eigenvalue weighted by Crippen LogP contribution is 2.36. The molecule has 0 aromatic carbocycles. The molecule has 8 heteroatoms. The number of hydrogen-bond donors (Lipinski definition) is 1. The van der Waals surface area contributed by atoms with Crippen LogP contribution in [-0.4, -0.2) is 61.0 Å². The molecule has 2 amide bonds. The molecule has 2 aromatic heterocycles. The van der Waals surface area contributed by atoms with Gasteiger partial charge in [-0.25, -0.2) is 4.98 Å². The van der Waals surface area contributed by atoms with Crippen molar-refractivity contribution in [1.82, 2.24) is 14.8 Å². The highest BCUT2D eigenvalue weighted by molar-refractivity contribution is 7.21. The fraction of sp³-hybridized carbons (Fsp3) is 0.471. The second-order valence-electron chi connectivity index (χ2n) is 6.31. The van der Waals surface area contributed by atoms with E-state index >= 15 is 0 Å². The van der Waals surface area contributed by atoms with Crippen LogP contribution in [0.2, 0.25) is 0 Å². The van der Waals surface area contributed by atoms with Gasteiger partial charge in [0.1, 0.15) is 16.3 Å². The van der Waals surface area contributed by atoms with E-state index in [0.717, 1.165) is 28.8 Å². The lowest BCUT2D eigenvalue weighted by Gasteiger charge is -2.24. The summed E-state index contributed by atoms with van der Waals surface area (Å²) in [7, 11) is 4.91. The number of carbonyl (C=O) groups excluding carboxylic acids is 2. The molecule has 0 aliphatic carbocycles. The van der Waals surface area contributed by atoms with Crippen LogP contribution in [0.4, 0.5) is 5.69 Å². The lowest BCUT2D eigenvalue weighted by Crippen LogP contribution is -2.33. The number of rotatable bonds is 4. The molecule has 2 N–H and O–H groups in total. The second-order valence-corrected chi connectivity index (χ2v) is 7.31. The number of ether oxygens (including phenoxy) is 1. The summed E-state index contributed by atoms with van der Waals surface area (Å²) in [6.45, 7) is 0.787. The number of methoxy groups -OCH3 is 1. The maximum Gasteiger partial charge on any atom is 0.265 e. The van der Waals surface area contributed by atoms with Crippen molar-refractivity contribution in [2.45, 2.75) is 18.9 Å². The third kappa shape index (κ3) is 3.19. The summed E-state index contributed by atoms with van der Waals surface area (Å²) in [6, 6.07) is 3.74. The molecule has 3 rings (SSSR count). The van der Waals surface area contributed by atoms with E-state index in [1.165, 1.54) is 23.3 Å². The zero-order valence-electron chi connectivity index (χ0n) is 14.6. The quantitative estimate of drug-likeness (QED) is 0.897. The number of fused-ring (bicyclic) bond motifs is 1. The molecule has 0 unspecified atom stereocenters. The monoisotopic (exact) mass is 362 g/mol. The lowest BCUT2D eigenvalue weighted by atomic mass is 10.1. The molecule has 1 saturated heterocycles. The first-order chi connectivity index (χ1) is 11.9. The van der Waals surface area contributed by atoms with Crippen LogP contribution in [0.3, 0.4) is 0 Å². The topological polar surface area (TPSA) is 88.8 Å². The van der Waals surface area contributed by atoms with Crippen LogP contribution in [0, 0.1) is 0 Å². The first kappa shape index (κ1) is 17.6. The van der Waals surface area contributed by atoms with Crippen LogP contribution in [0.1, 0.15) is 34.2 Å². The van der Waals surface area contributed by atoms with Gasteiger partial charge in [0.15, 0.2) is 0 Å². The maximum absolute atomic E-state index is 12.3. The van der Waals surface area contributed by atoms with Crippen molar-refractivity contribution in [3.8, 4) is 0 Å². The van der Waals surface area contributed by atoms with Crippen molar-refractivity contribution in [3.05, 3.63) is 22.7 Å². The fourth-order valence-corrected chi connectivity index (χ4v) is 4.26. The van der Waals surface area contributed by atoms with E-state index in [4.69, 9.17) is 15.5 Å². The van der Waals surface area contributed by atoms with Gasteiger partial charge in [-0.1, -0.05) is 0 Å². The van der Waals surface area contributed by atoms with Crippen LogP contribution in [0.25, 0.3) is 10.2 Å². The second kappa shape index (κ2) is 6.97. The summed E-state index contributed by atoms with van der Waals surface area (Å²) in [5.74, 6) is -0.152. The van der Waals surface area contributed by atoms with Crippen LogP contribution in [-0.2, 0) is 9.53 Å². The molecule has 0 saturated carbocycles. The Morgan fingerprint density at radius 2 is 2.20 bits per heavy atom. The SMILES string of the molecule is COCC(=O)N1CCC[C@H]1c1ccc2c(N)c(C(=O)N(C)C)sc2n1. The lowest BCUT2D eigenvalue weighted by molar-refractivity contribution is -0.136. The molecule has 0 radical (unpaired) electrons. The summed E-state index contributed by atoms with van der Waals surface area (Å²) in [4.78, 5) is 33.7. The molecule has 3 heterocycles. The smallest absolute Gasteiger partial charge is 0.265 e. The Balaban J connectivity index is 1.96. The number of anilines is 1. The molecule has 25 heavy (non-hydrogen) atoms. The standard InChI is InChI=1S/C17H22N4O3S/c1-20(2)17(23)15-14(18)10-6-7-11(19-16(10)25-15)12-5-4-8-21(12)13(22)9-24-3/h6-7,12H,4-5,8-9,18H2,1-3H3/t12-/m0/s1. The highest BCUT2D eigenvalue weighted by Gasteiger charge is 2.31. The number of thiophene rings is 1. The number of pyridine rings is 1. The Kier molecular flexibility index (Phi) is 4.91. The Bertz CT molecular complexity index is 818. The number of aromatic nitrogens is 1. The summed E-state index contributed by atoms with van der Waals surface area (Å²) >= 11 is 1.30. The molecular formula is C17H22N4O3S. The number of nitrogens with zero attached hydrogens (tertiary/aromatic N) is 3. The maximum atomic E-state index is 12.3. The third-order valence-corrected chi connectivity index (χ3v) is 5.50. The van der Waals surface area contributed by atoms with Crippen LogP contribution in [0.5, 0.6) is 0 Å². The summed E-state index contributed by atoms with van der Waals surface area (Å²) in [5.41, 5.74) is 7.44. The Labute approximate surface area is 150 Å². The van der Waals surface area contributed by atoms with E-state index < -0.39 is 0 Å². The predicted octanol–water partition coefficient (Wildman–Crippen LogP) is 1.89. The van der Waals surface area contributed by atoms with E-state index in [-0.39, 0.29) is 24.5 Å². The predicted molar refractivity (Wildman–Crippen MR) is 97.6 cm³/mol. The van der Waals surface area contributed by atoms with Crippen molar-refractivity contribution in [2.24, 2.45) is 0 Å². The van der Waals surface area contributed by atoms with Crippen LogP contribution >= 0.6 is 11.3 Å². The van der Waals surface area contributed by atoms with Crippen molar-refractivity contribution >= 4 is 39.1 Å². The fourth-order valence-electron chi connectivity index (χ4n) is 3.14. The zero-order valence-corrected chi connectivity index (χ0v) is 15.4. The van der Waals surface area contributed by atoms with Gasteiger partial charge in [0.05, 0.1) is 17.4 Å². The summed E-state index contributed by atoms with van der Waals surface area (Å²) in [6.07, 6.45) is 1.81. The van der Waals surface area contributed by atoms with Crippen LogP contribution < -0.4 is 5.73 Å². The average molecular weight is 362 g/mol. The Hall–Kier alpha value is -2.19. The minimum absolute atomic E-state index is 0.0268. The van der Waals surface area contributed by atoms with E-state index in [1.807, 2.05) is 17.0 Å². The molecule has 1 aliphatic heterocycles. The van der Waals surface area contributed by atoms with E-state index in [1.54, 1.807) is 14.1 Å². The van der Waals surface area contributed by atoms with Crippen LogP contribution in [0.15, 0.2) is 12.1 Å². The van der Waals surface area contributed by atoms with Gasteiger partial charge in [-0.15, -0.1) is 11.3 Å². The molecule has 0 spiro atoms. The Morgan fingerprint density at radius 3 is 2.88 bits per heavy atom. The first-order valence-electron chi connectivity index (χ1n) is 8.13. The van der Waals surface area contributed by atoms with Gasteiger partial charge >= 0.3 is 0 Å². The zero-order chi connectivity index (χ0) is 18.1. The largest absolute Gasteiger partial charge is 0.397 e. The molecule has 0 bridgehead atoms. The first-order valence-corrected chi connectivity index (χ1v) is 8.94.